The van der Waals surface area contributed by atoms with E-state index in [1.165, 1.54) is 22.9 Å². The van der Waals surface area contributed by atoms with Crippen LogP contribution in [0.4, 0.5) is 0 Å². The molecular weight excluding hydrogens is 235 g/mol. The number of aryl methyl sites for hydroxylation is 1. The van der Waals surface area contributed by atoms with Gasteiger partial charge in [-0.2, -0.15) is 0 Å². The summed E-state index contributed by atoms with van der Waals surface area (Å²) in [6.45, 7) is 4.32. The van der Waals surface area contributed by atoms with Crippen molar-refractivity contribution in [1.82, 2.24) is 0 Å². The summed E-state index contributed by atoms with van der Waals surface area (Å²) in [6, 6.07) is 8.68. The Morgan fingerprint density at radius 1 is 1.21 bits per heavy atom. The molecule has 0 spiro atoms. The van der Waals surface area contributed by atoms with Gasteiger partial charge in [0.05, 0.1) is 0 Å². The Labute approximate surface area is 93.3 Å². The molecule has 1 rings (SSSR count). The van der Waals surface area contributed by atoms with Gasteiger partial charge in [-0.1, -0.05) is 0 Å². The predicted molar refractivity (Wildman–Crippen MR) is 63.9 cm³/mol. The van der Waals surface area contributed by atoms with Crippen LogP contribution < -0.4 is 4.46 Å². The van der Waals surface area contributed by atoms with Crippen LogP contribution in [-0.2, 0) is 0 Å². The van der Waals surface area contributed by atoms with E-state index in [0.29, 0.717) is 15.0 Å². The molecule has 0 radical (unpaired) electrons. The van der Waals surface area contributed by atoms with Crippen molar-refractivity contribution in [3.8, 4) is 10.7 Å². The average Bonchev–Trinajstić information content (AvgIpc) is 2.21. The van der Waals surface area contributed by atoms with E-state index in [-0.39, 0.29) is 0 Å². The van der Waals surface area contributed by atoms with Crippen molar-refractivity contribution in [2.75, 3.05) is 0 Å². The van der Waals surface area contributed by atoms with Crippen molar-refractivity contribution < 1.29 is 0 Å². The van der Waals surface area contributed by atoms with E-state index in [9.17, 15) is 0 Å². The molecule has 0 amide bonds. The van der Waals surface area contributed by atoms with Gasteiger partial charge in [0.2, 0.25) is 0 Å². The first-order valence-electron chi connectivity index (χ1n) is 5.04. The van der Waals surface area contributed by atoms with Crippen LogP contribution in [0.3, 0.4) is 0 Å². The molecule has 0 fully saturated rings. The Balaban J connectivity index is 2.36. The Morgan fingerprint density at radius 3 is 2.57 bits per heavy atom. The van der Waals surface area contributed by atoms with Crippen LogP contribution in [0.5, 0.6) is 0 Å². The minimum atomic E-state index is 0.349. The maximum absolute atomic E-state index is 3.27. The first-order chi connectivity index (χ1) is 6.83. The van der Waals surface area contributed by atoms with E-state index < -0.39 is 0 Å². The third-order valence-corrected chi connectivity index (χ3v) is 3.50. The van der Waals surface area contributed by atoms with Crippen LogP contribution in [0, 0.1) is 17.7 Å². The Kier molecular flexibility index (Phi) is 5.45. The number of hydrogen-bond acceptors (Lipinski definition) is 0. The number of hydrogen-bond donors (Lipinski definition) is 0. The molecule has 1 aromatic rings. The minimum absolute atomic E-state index is 0.349. The van der Waals surface area contributed by atoms with E-state index in [4.69, 9.17) is 0 Å². The standard InChI is InChI=1S/C13H16Se/c1-3-4-5-6-11-14-13-9-7-12(2)8-10-13/h7-10H,3-5H2,1-2H3. The quantitative estimate of drug-likeness (QED) is 0.440. The van der Waals surface area contributed by atoms with Gasteiger partial charge in [-0.25, -0.2) is 0 Å². The molecule has 0 saturated heterocycles. The predicted octanol–water partition coefficient (Wildman–Crippen LogP) is 2.48. The fraction of sp³-hybridized carbons (Fsp3) is 0.385. The topological polar surface area (TPSA) is 0 Å². The molecule has 14 heavy (non-hydrogen) atoms. The fourth-order valence-electron chi connectivity index (χ4n) is 1.02. The summed E-state index contributed by atoms with van der Waals surface area (Å²) in [5.74, 6) is 3.23. The summed E-state index contributed by atoms with van der Waals surface area (Å²) in [5, 5.41) is 0. The van der Waals surface area contributed by atoms with Crippen LogP contribution >= 0.6 is 0 Å². The molecular formula is C13H16Se. The van der Waals surface area contributed by atoms with Crippen LogP contribution in [0.2, 0.25) is 0 Å². The third kappa shape index (κ3) is 4.51. The zero-order chi connectivity index (χ0) is 10.2. The monoisotopic (exact) mass is 252 g/mol. The van der Waals surface area contributed by atoms with Gasteiger partial charge in [0.15, 0.2) is 0 Å². The van der Waals surface area contributed by atoms with Crippen molar-refractivity contribution in [2.45, 2.75) is 33.1 Å². The third-order valence-electron chi connectivity index (χ3n) is 1.92. The Morgan fingerprint density at radius 2 is 1.93 bits per heavy atom. The first kappa shape index (κ1) is 11.4. The number of benzene rings is 1. The van der Waals surface area contributed by atoms with Gasteiger partial charge in [0, 0.05) is 0 Å². The second-order valence-corrected chi connectivity index (χ2v) is 5.14. The van der Waals surface area contributed by atoms with Gasteiger partial charge in [0.1, 0.15) is 0 Å². The summed E-state index contributed by atoms with van der Waals surface area (Å²) < 4.78 is 1.38. The molecule has 0 N–H and O–H groups in total. The molecule has 1 heteroatoms. The van der Waals surface area contributed by atoms with Crippen molar-refractivity contribution in [3.63, 3.8) is 0 Å². The Bertz CT molecular complexity index is 313. The van der Waals surface area contributed by atoms with Crippen LogP contribution in [0.1, 0.15) is 31.7 Å². The fourth-order valence-corrected chi connectivity index (χ4v) is 2.20. The second kappa shape index (κ2) is 6.71. The maximum atomic E-state index is 3.27. The molecule has 0 aliphatic carbocycles. The SMILES string of the molecule is CCCCC#C[Se]c1ccc(C)cc1. The first-order valence-corrected chi connectivity index (χ1v) is 6.75. The summed E-state index contributed by atoms with van der Waals surface area (Å²) in [5.41, 5.74) is 1.32. The normalized spacial score (nSPS) is 9.29. The van der Waals surface area contributed by atoms with E-state index >= 15 is 0 Å². The zero-order valence-electron chi connectivity index (χ0n) is 8.84. The van der Waals surface area contributed by atoms with E-state index in [2.05, 4.69) is 48.9 Å². The van der Waals surface area contributed by atoms with Crippen LogP contribution in [-0.4, -0.2) is 15.0 Å². The van der Waals surface area contributed by atoms with Crippen LogP contribution in [0.15, 0.2) is 24.3 Å². The summed E-state index contributed by atoms with van der Waals surface area (Å²) in [4.78, 5) is 3.27. The molecule has 0 bridgehead atoms. The summed E-state index contributed by atoms with van der Waals surface area (Å²) in [7, 11) is 0. The number of unbranched alkanes of at least 4 members (excludes halogenated alkanes) is 2. The average molecular weight is 251 g/mol. The van der Waals surface area contributed by atoms with Gasteiger partial charge >= 0.3 is 93.1 Å². The van der Waals surface area contributed by atoms with Crippen molar-refractivity contribution in [2.24, 2.45) is 0 Å². The molecule has 0 unspecified atom stereocenters. The molecule has 74 valence electrons. The van der Waals surface area contributed by atoms with Gasteiger partial charge < -0.3 is 0 Å². The van der Waals surface area contributed by atoms with Gasteiger partial charge in [-0.15, -0.1) is 0 Å². The molecule has 0 nitrogen and oxygen atoms in total. The van der Waals surface area contributed by atoms with E-state index in [0.717, 1.165) is 6.42 Å². The van der Waals surface area contributed by atoms with Gasteiger partial charge in [-0.05, 0) is 0 Å². The molecule has 1 aromatic carbocycles. The van der Waals surface area contributed by atoms with Gasteiger partial charge in [-0.3, -0.25) is 0 Å². The number of rotatable bonds is 3. The molecule has 0 aromatic heterocycles. The Hall–Kier alpha value is -0.701. The molecule has 0 aliphatic rings. The molecule has 0 atom stereocenters. The summed E-state index contributed by atoms with van der Waals surface area (Å²) in [6.07, 6.45) is 3.54. The molecule has 0 heterocycles. The van der Waals surface area contributed by atoms with Crippen molar-refractivity contribution in [1.29, 1.82) is 0 Å². The van der Waals surface area contributed by atoms with Gasteiger partial charge in [0.25, 0.3) is 0 Å². The summed E-state index contributed by atoms with van der Waals surface area (Å²) >= 11 is 0.349. The second-order valence-electron chi connectivity index (χ2n) is 3.30. The van der Waals surface area contributed by atoms with Crippen molar-refractivity contribution >= 4 is 19.4 Å². The van der Waals surface area contributed by atoms with E-state index in [1.807, 2.05) is 0 Å². The van der Waals surface area contributed by atoms with Crippen molar-refractivity contribution in [3.05, 3.63) is 29.8 Å². The zero-order valence-corrected chi connectivity index (χ0v) is 10.6. The molecule has 0 saturated carbocycles. The van der Waals surface area contributed by atoms with E-state index in [1.54, 1.807) is 0 Å². The van der Waals surface area contributed by atoms with Crippen LogP contribution in [0.25, 0.3) is 0 Å². The molecule has 0 aliphatic heterocycles.